The summed E-state index contributed by atoms with van der Waals surface area (Å²) in [5, 5.41) is 47.3. The largest absolute Gasteiger partial charge is 0.511 e. The average Bonchev–Trinajstić information content (AvgIpc) is 2.90. The van der Waals surface area contributed by atoms with Gasteiger partial charge in [-0.3, -0.25) is 14.4 Å². The molecule has 3 aliphatic carbocycles. The monoisotopic (exact) mass is 585 g/mol. The molecule has 3 aliphatic rings. The standard InChI is InChI=1S/C29H29F2N3O8/c1-34(2)18-10-17(33-11-12-3-5-15(6-4-12)42-28(30)31)23(36)21-16(18)8-13-7-14-9-19(35)22(27(32)40)26(39)29(14,41)25(38)20(13)24(21)37/h3-6,10,13-14,28,33,35-36,38,41H,7-9,11H2,1-2H3,(H2,32,40)/t13-,14+,29+/m1/s1. The van der Waals surface area contributed by atoms with Gasteiger partial charge in [0.2, 0.25) is 5.78 Å². The quantitative estimate of drug-likeness (QED) is 0.209. The lowest BCUT2D eigenvalue weighted by Crippen LogP contribution is -2.57. The highest BCUT2D eigenvalue weighted by molar-refractivity contribution is 6.24. The molecular formula is C29H29F2N3O8. The van der Waals surface area contributed by atoms with Gasteiger partial charge in [0.25, 0.3) is 5.91 Å². The Morgan fingerprint density at radius 2 is 1.83 bits per heavy atom. The first-order valence-electron chi connectivity index (χ1n) is 13.1. The molecule has 0 saturated carbocycles. The molecule has 1 amide bonds. The van der Waals surface area contributed by atoms with Gasteiger partial charge >= 0.3 is 6.61 Å². The second-order valence-electron chi connectivity index (χ2n) is 10.8. The number of aromatic hydroxyl groups is 1. The number of aliphatic hydroxyl groups is 3. The Kier molecular flexibility index (Phi) is 7.09. The minimum atomic E-state index is -2.96. The van der Waals surface area contributed by atoms with Crippen LogP contribution in [0.4, 0.5) is 20.2 Å². The van der Waals surface area contributed by atoms with Crippen LogP contribution in [0.5, 0.6) is 11.5 Å². The fourth-order valence-corrected chi connectivity index (χ4v) is 6.19. The van der Waals surface area contributed by atoms with Gasteiger partial charge in [-0.2, -0.15) is 8.78 Å². The first-order valence-corrected chi connectivity index (χ1v) is 13.1. The van der Waals surface area contributed by atoms with Crippen LogP contribution >= 0.6 is 0 Å². The van der Waals surface area contributed by atoms with E-state index in [4.69, 9.17) is 5.73 Å². The number of amides is 1. The molecule has 0 aliphatic heterocycles. The van der Waals surface area contributed by atoms with Crippen LogP contribution in [0.1, 0.15) is 34.3 Å². The number of ketones is 2. The van der Waals surface area contributed by atoms with Gasteiger partial charge in [0, 0.05) is 44.2 Å². The summed E-state index contributed by atoms with van der Waals surface area (Å²) in [5.74, 6) is -6.98. The molecule has 2 aromatic carbocycles. The zero-order valence-electron chi connectivity index (χ0n) is 22.6. The van der Waals surface area contributed by atoms with Gasteiger partial charge in [0.1, 0.15) is 28.6 Å². The molecule has 42 heavy (non-hydrogen) atoms. The fraction of sp³-hybridized carbons (Fsp3) is 0.345. The number of allylic oxidation sites excluding steroid dienone is 2. The predicted octanol–water partition coefficient (Wildman–Crippen LogP) is 2.86. The number of nitrogens with one attached hydrogen (secondary N) is 1. The van der Waals surface area contributed by atoms with Gasteiger partial charge in [0.05, 0.1) is 11.3 Å². The van der Waals surface area contributed by atoms with Gasteiger partial charge < -0.3 is 41.1 Å². The van der Waals surface area contributed by atoms with Crippen LogP contribution in [-0.4, -0.2) is 64.2 Å². The molecule has 0 aromatic heterocycles. The highest BCUT2D eigenvalue weighted by atomic mass is 19.3. The second kappa shape index (κ2) is 10.3. The molecule has 11 nitrogen and oxygen atoms in total. The van der Waals surface area contributed by atoms with Crippen molar-refractivity contribution >= 4 is 28.8 Å². The molecule has 7 N–H and O–H groups in total. The summed E-state index contributed by atoms with van der Waals surface area (Å²) in [6, 6.07) is 7.50. The Hall–Kier alpha value is -4.65. The van der Waals surface area contributed by atoms with Crippen LogP contribution in [0.2, 0.25) is 0 Å². The number of primary amides is 1. The number of phenolic OH excluding ortho intramolecular Hbond substituents is 1. The number of anilines is 2. The first kappa shape index (κ1) is 28.9. The first-order chi connectivity index (χ1) is 19.7. The van der Waals surface area contributed by atoms with E-state index < -0.39 is 64.4 Å². The van der Waals surface area contributed by atoms with Crippen molar-refractivity contribution in [1.82, 2.24) is 0 Å². The summed E-state index contributed by atoms with van der Waals surface area (Å²) < 4.78 is 29.2. The summed E-state index contributed by atoms with van der Waals surface area (Å²) in [6.07, 6.45) is -0.109. The fourth-order valence-electron chi connectivity index (χ4n) is 6.19. The lowest BCUT2D eigenvalue weighted by Gasteiger charge is -2.46. The molecule has 13 heteroatoms. The summed E-state index contributed by atoms with van der Waals surface area (Å²) in [4.78, 5) is 40.7. The van der Waals surface area contributed by atoms with Crippen molar-refractivity contribution in [3.63, 3.8) is 0 Å². The number of phenols is 1. The summed E-state index contributed by atoms with van der Waals surface area (Å²) in [7, 11) is 3.50. The number of aliphatic hydroxyl groups excluding tert-OH is 2. The molecule has 0 spiro atoms. The summed E-state index contributed by atoms with van der Waals surface area (Å²) in [6.45, 7) is -2.82. The number of alkyl halides is 2. The molecule has 0 radical (unpaired) electrons. The highest BCUT2D eigenvalue weighted by Crippen LogP contribution is 2.53. The predicted molar refractivity (Wildman–Crippen MR) is 146 cm³/mol. The van der Waals surface area contributed by atoms with E-state index in [2.05, 4.69) is 10.1 Å². The van der Waals surface area contributed by atoms with Gasteiger partial charge in [0.15, 0.2) is 11.4 Å². The number of halogens is 2. The van der Waals surface area contributed by atoms with Gasteiger partial charge in [-0.1, -0.05) is 12.1 Å². The number of carbonyl (C=O) groups is 3. The minimum Gasteiger partial charge on any atom is -0.511 e. The molecule has 0 unspecified atom stereocenters. The topological polar surface area (TPSA) is 183 Å². The van der Waals surface area contributed by atoms with Gasteiger partial charge in [-0.25, -0.2) is 0 Å². The zero-order chi connectivity index (χ0) is 30.7. The van der Waals surface area contributed by atoms with Crippen LogP contribution in [-0.2, 0) is 22.6 Å². The molecule has 3 atom stereocenters. The number of nitrogens with two attached hydrogens (primary N) is 1. The van der Waals surface area contributed by atoms with Crippen LogP contribution in [0.25, 0.3) is 0 Å². The SMILES string of the molecule is CN(C)c1cc(NCc2ccc(OC(F)F)cc2)c(O)c2c1C[C@H]1C[C@H]3CC(O)=C(C(N)=O)C(=O)[C@@]3(O)C(O)=C1C2=O. The van der Waals surface area contributed by atoms with Crippen molar-refractivity contribution in [1.29, 1.82) is 0 Å². The van der Waals surface area contributed by atoms with Crippen LogP contribution in [0, 0.1) is 11.8 Å². The minimum absolute atomic E-state index is 0.0185. The number of benzene rings is 2. The van der Waals surface area contributed by atoms with Crippen LogP contribution in [0.3, 0.4) is 0 Å². The number of hydrogen-bond donors (Lipinski definition) is 6. The van der Waals surface area contributed by atoms with Crippen molar-refractivity contribution in [3.05, 3.63) is 69.7 Å². The van der Waals surface area contributed by atoms with E-state index in [0.29, 0.717) is 16.8 Å². The second-order valence-corrected chi connectivity index (χ2v) is 10.8. The smallest absolute Gasteiger partial charge is 0.387 e. The van der Waals surface area contributed by atoms with E-state index in [1.54, 1.807) is 37.2 Å². The van der Waals surface area contributed by atoms with Gasteiger partial charge in [-0.15, -0.1) is 0 Å². The Morgan fingerprint density at radius 3 is 2.43 bits per heavy atom. The Balaban J connectivity index is 1.54. The van der Waals surface area contributed by atoms with Crippen molar-refractivity contribution < 1.29 is 48.3 Å². The number of hydrogen-bond acceptors (Lipinski definition) is 10. The molecule has 2 aromatic rings. The lowest BCUT2D eigenvalue weighted by atomic mass is 9.60. The molecule has 5 rings (SSSR count). The lowest BCUT2D eigenvalue weighted by molar-refractivity contribution is -0.144. The maximum Gasteiger partial charge on any atom is 0.387 e. The molecule has 0 fully saturated rings. The van der Waals surface area contributed by atoms with E-state index in [0.717, 1.165) is 0 Å². The van der Waals surface area contributed by atoms with Crippen molar-refractivity contribution in [2.45, 2.75) is 38.0 Å². The van der Waals surface area contributed by atoms with Crippen LogP contribution < -0.4 is 20.7 Å². The maximum absolute atomic E-state index is 13.9. The third kappa shape index (κ3) is 4.49. The van der Waals surface area contributed by atoms with Crippen molar-refractivity contribution in [2.24, 2.45) is 17.6 Å². The zero-order valence-corrected chi connectivity index (χ0v) is 22.6. The third-order valence-corrected chi connectivity index (χ3v) is 8.15. The number of rotatable bonds is 7. The normalized spacial score (nSPS) is 23.4. The van der Waals surface area contributed by atoms with Crippen molar-refractivity contribution in [2.75, 3.05) is 24.3 Å². The van der Waals surface area contributed by atoms with E-state index in [9.17, 15) is 43.6 Å². The van der Waals surface area contributed by atoms with E-state index in [1.165, 1.54) is 12.1 Å². The Morgan fingerprint density at radius 1 is 1.17 bits per heavy atom. The number of carbonyl (C=O) groups excluding carboxylic acids is 3. The molecular weight excluding hydrogens is 556 g/mol. The van der Waals surface area contributed by atoms with Gasteiger partial charge in [-0.05, 0) is 48.1 Å². The third-order valence-electron chi connectivity index (χ3n) is 8.15. The van der Waals surface area contributed by atoms with E-state index in [-0.39, 0.29) is 48.4 Å². The maximum atomic E-state index is 13.9. The average molecular weight is 586 g/mol. The summed E-state index contributed by atoms with van der Waals surface area (Å²) >= 11 is 0. The number of nitrogens with zero attached hydrogens (tertiary/aromatic N) is 1. The Labute approximate surface area is 238 Å². The number of fused-ring (bicyclic) bond motifs is 3. The molecule has 0 bridgehead atoms. The Bertz CT molecular complexity index is 1570. The molecule has 222 valence electrons. The number of Topliss-reactive ketones (excluding diaryl/α,β-unsaturated/α-hetero) is 2. The van der Waals surface area contributed by atoms with E-state index >= 15 is 0 Å². The van der Waals surface area contributed by atoms with Crippen molar-refractivity contribution in [3.8, 4) is 11.5 Å². The molecule has 0 heterocycles. The van der Waals surface area contributed by atoms with Crippen LogP contribution in [0.15, 0.2) is 53.0 Å². The highest BCUT2D eigenvalue weighted by Gasteiger charge is 2.59. The van der Waals surface area contributed by atoms with E-state index in [1.807, 2.05) is 0 Å². The molecule has 0 saturated heterocycles. The summed E-state index contributed by atoms with van der Waals surface area (Å²) in [5.41, 5.74) is 3.29. The number of ether oxygens (including phenoxy) is 1.